The Kier molecular flexibility index (Phi) is 4.84. The Balaban J connectivity index is 1.48. The number of nitrogens with zero attached hydrogens (tertiary/aromatic N) is 2. The number of rotatable bonds is 5. The molecule has 0 saturated heterocycles. The van der Waals surface area contributed by atoms with E-state index in [9.17, 15) is 4.79 Å². The summed E-state index contributed by atoms with van der Waals surface area (Å²) in [6.45, 7) is 1.92. The maximum Gasteiger partial charge on any atom is 0.255 e. The van der Waals surface area contributed by atoms with E-state index in [-0.39, 0.29) is 5.91 Å². The van der Waals surface area contributed by atoms with Crippen molar-refractivity contribution < 1.29 is 13.9 Å². The first kappa shape index (κ1) is 17.5. The number of ether oxygens (including phenoxy) is 1. The lowest BCUT2D eigenvalue weighted by Gasteiger charge is -2.10. The van der Waals surface area contributed by atoms with Crippen molar-refractivity contribution in [3.05, 3.63) is 90.3 Å². The molecule has 1 amide bonds. The third-order valence-electron chi connectivity index (χ3n) is 4.19. The first-order valence-corrected chi connectivity index (χ1v) is 8.70. The summed E-state index contributed by atoms with van der Waals surface area (Å²) in [5.41, 5.74) is 2.89. The Morgan fingerprint density at radius 3 is 2.43 bits per heavy atom. The summed E-state index contributed by atoms with van der Waals surface area (Å²) in [5, 5.41) is 10.5. The third-order valence-corrected chi connectivity index (χ3v) is 4.19. The van der Waals surface area contributed by atoms with E-state index in [4.69, 9.17) is 9.15 Å². The highest BCUT2D eigenvalue weighted by atomic mass is 16.5. The fourth-order valence-corrected chi connectivity index (χ4v) is 2.68. The van der Waals surface area contributed by atoms with Gasteiger partial charge in [0.2, 0.25) is 12.3 Å². The molecule has 0 aliphatic heterocycles. The van der Waals surface area contributed by atoms with Crippen LogP contribution in [0, 0.1) is 6.92 Å². The van der Waals surface area contributed by atoms with Gasteiger partial charge in [0.05, 0.1) is 0 Å². The van der Waals surface area contributed by atoms with Crippen molar-refractivity contribution in [2.24, 2.45) is 0 Å². The van der Waals surface area contributed by atoms with Gasteiger partial charge < -0.3 is 14.5 Å². The normalized spacial score (nSPS) is 10.5. The van der Waals surface area contributed by atoms with Gasteiger partial charge in [-0.1, -0.05) is 24.3 Å². The van der Waals surface area contributed by atoms with Gasteiger partial charge in [0.15, 0.2) is 0 Å². The Morgan fingerprint density at radius 2 is 1.71 bits per heavy atom. The first-order chi connectivity index (χ1) is 13.7. The van der Waals surface area contributed by atoms with Crippen LogP contribution in [0.15, 0.2) is 83.6 Å². The fraction of sp³-hybridized carbons (Fsp3) is 0.0455. The molecule has 6 heteroatoms. The van der Waals surface area contributed by atoms with Crippen molar-refractivity contribution in [3.63, 3.8) is 0 Å². The Morgan fingerprint density at radius 1 is 0.964 bits per heavy atom. The van der Waals surface area contributed by atoms with Crippen LogP contribution in [0.25, 0.3) is 11.5 Å². The summed E-state index contributed by atoms with van der Waals surface area (Å²) in [6, 6.07) is 22.1. The predicted octanol–water partition coefficient (Wildman–Crippen LogP) is 5.09. The second kappa shape index (κ2) is 7.75. The standard InChI is InChI=1S/C22H17N3O3/c1-15-7-8-17(22-25-23-14-27-22)13-20(15)24-21(26)16-9-11-19(12-10-16)28-18-5-3-2-4-6-18/h2-14H,1H3,(H,24,26). The molecule has 0 atom stereocenters. The molecule has 1 N–H and O–H groups in total. The molecular weight excluding hydrogens is 354 g/mol. The second-order valence-corrected chi connectivity index (χ2v) is 6.17. The second-order valence-electron chi connectivity index (χ2n) is 6.17. The fourth-order valence-electron chi connectivity index (χ4n) is 2.68. The van der Waals surface area contributed by atoms with Gasteiger partial charge in [-0.3, -0.25) is 4.79 Å². The summed E-state index contributed by atoms with van der Waals surface area (Å²) in [7, 11) is 0. The number of benzene rings is 3. The van der Waals surface area contributed by atoms with Crippen LogP contribution in [-0.2, 0) is 0 Å². The smallest absolute Gasteiger partial charge is 0.255 e. The van der Waals surface area contributed by atoms with Gasteiger partial charge in [0, 0.05) is 16.8 Å². The largest absolute Gasteiger partial charge is 0.457 e. The van der Waals surface area contributed by atoms with Gasteiger partial charge >= 0.3 is 0 Å². The molecule has 3 aromatic carbocycles. The molecule has 138 valence electrons. The SMILES string of the molecule is Cc1ccc(-c2nnco2)cc1NC(=O)c1ccc(Oc2ccccc2)cc1. The van der Waals surface area contributed by atoms with Crippen LogP contribution in [0.2, 0.25) is 0 Å². The van der Waals surface area contributed by atoms with E-state index in [1.165, 1.54) is 6.39 Å². The van der Waals surface area contributed by atoms with E-state index in [1.807, 2.05) is 55.5 Å². The zero-order valence-electron chi connectivity index (χ0n) is 15.1. The van der Waals surface area contributed by atoms with Crippen LogP contribution in [0.4, 0.5) is 5.69 Å². The number of carbonyl (C=O) groups excluding carboxylic acids is 1. The van der Waals surface area contributed by atoms with Crippen LogP contribution in [0.1, 0.15) is 15.9 Å². The highest BCUT2D eigenvalue weighted by molar-refractivity contribution is 6.05. The quantitative estimate of drug-likeness (QED) is 0.529. The van der Waals surface area contributed by atoms with Crippen molar-refractivity contribution in [1.29, 1.82) is 0 Å². The van der Waals surface area contributed by atoms with E-state index in [2.05, 4.69) is 15.5 Å². The van der Waals surface area contributed by atoms with Crippen LogP contribution in [-0.4, -0.2) is 16.1 Å². The average molecular weight is 371 g/mol. The molecule has 4 rings (SSSR count). The number of aryl methyl sites for hydroxylation is 1. The number of nitrogens with one attached hydrogen (secondary N) is 1. The molecule has 0 aliphatic carbocycles. The number of carbonyl (C=O) groups is 1. The van der Waals surface area contributed by atoms with Crippen molar-refractivity contribution in [2.75, 3.05) is 5.32 Å². The van der Waals surface area contributed by atoms with E-state index in [0.29, 0.717) is 22.9 Å². The lowest BCUT2D eigenvalue weighted by atomic mass is 10.1. The van der Waals surface area contributed by atoms with Crippen LogP contribution < -0.4 is 10.1 Å². The van der Waals surface area contributed by atoms with E-state index in [1.54, 1.807) is 24.3 Å². The molecule has 0 aliphatic rings. The summed E-state index contributed by atoms with van der Waals surface area (Å²) in [4.78, 5) is 12.6. The highest BCUT2D eigenvalue weighted by Gasteiger charge is 2.11. The Bertz CT molecular complexity index is 1080. The van der Waals surface area contributed by atoms with Crippen LogP contribution >= 0.6 is 0 Å². The zero-order chi connectivity index (χ0) is 19.3. The minimum atomic E-state index is -0.211. The summed E-state index contributed by atoms with van der Waals surface area (Å²) < 4.78 is 11.0. The molecule has 1 heterocycles. The molecule has 1 aromatic heterocycles. The molecule has 0 radical (unpaired) electrons. The number of hydrogen-bond donors (Lipinski definition) is 1. The zero-order valence-corrected chi connectivity index (χ0v) is 15.1. The molecule has 0 unspecified atom stereocenters. The van der Waals surface area contributed by atoms with Crippen LogP contribution in [0.3, 0.4) is 0 Å². The van der Waals surface area contributed by atoms with Gasteiger partial charge in [-0.15, -0.1) is 10.2 Å². The topological polar surface area (TPSA) is 77.3 Å². The molecule has 0 saturated carbocycles. The molecule has 0 fully saturated rings. The summed E-state index contributed by atoms with van der Waals surface area (Å²) in [5.74, 6) is 1.60. The van der Waals surface area contributed by atoms with Crippen molar-refractivity contribution in [3.8, 4) is 23.0 Å². The maximum atomic E-state index is 12.6. The highest BCUT2D eigenvalue weighted by Crippen LogP contribution is 2.25. The minimum absolute atomic E-state index is 0.211. The first-order valence-electron chi connectivity index (χ1n) is 8.70. The average Bonchev–Trinajstić information content (AvgIpc) is 3.26. The Labute approximate surface area is 161 Å². The molecular formula is C22H17N3O3. The lowest BCUT2D eigenvalue weighted by Crippen LogP contribution is -2.12. The lowest BCUT2D eigenvalue weighted by molar-refractivity contribution is 0.102. The molecule has 6 nitrogen and oxygen atoms in total. The van der Waals surface area contributed by atoms with Gasteiger partial charge in [-0.25, -0.2) is 0 Å². The number of aromatic nitrogens is 2. The number of amides is 1. The van der Waals surface area contributed by atoms with Crippen LogP contribution in [0.5, 0.6) is 11.5 Å². The van der Waals surface area contributed by atoms with Gasteiger partial charge in [0.25, 0.3) is 5.91 Å². The van der Waals surface area contributed by atoms with E-state index < -0.39 is 0 Å². The number of anilines is 1. The predicted molar refractivity (Wildman–Crippen MR) is 105 cm³/mol. The third kappa shape index (κ3) is 3.91. The van der Waals surface area contributed by atoms with Gasteiger partial charge in [-0.2, -0.15) is 0 Å². The van der Waals surface area contributed by atoms with E-state index in [0.717, 1.165) is 16.9 Å². The summed E-state index contributed by atoms with van der Waals surface area (Å²) in [6.07, 6.45) is 1.27. The molecule has 4 aromatic rings. The number of para-hydroxylation sites is 1. The monoisotopic (exact) mass is 371 g/mol. The molecule has 28 heavy (non-hydrogen) atoms. The Hall–Kier alpha value is -3.93. The minimum Gasteiger partial charge on any atom is -0.457 e. The van der Waals surface area contributed by atoms with Gasteiger partial charge in [-0.05, 0) is 61.0 Å². The molecule has 0 spiro atoms. The number of hydrogen-bond acceptors (Lipinski definition) is 5. The summed E-state index contributed by atoms with van der Waals surface area (Å²) >= 11 is 0. The maximum absolute atomic E-state index is 12.6. The van der Waals surface area contributed by atoms with Crippen molar-refractivity contribution >= 4 is 11.6 Å². The van der Waals surface area contributed by atoms with Crippen molar-refractivity contribution in [2.45, 2.75) is 6.92 Å². The van der Waals surface area contributed by atoms with E-state index >= 15 is 0 Å². The molecule has 0 bridgehead atoms. The van der Waals surface area contributed by atoms with Gasteiger partial charge in [0.1, 0.15) is 11.5 Å². The van der Waals surface area contributed by atoms with Crippen molar-refractivity contribution in [1.82, 2.24) is 10.2 Å².